The lowest BCUT2D eigenvalue weighted by molar-refractivity contribution is 0.473. The maximum atomic E-state index is 15.1. The number of nitrogens with zero attached hydrogens (tertiary/aromatic N) is 5. The average Bonchev–Trinajstić information content (AvgIpc) is 3.68. The monoisotopic (exact) mass is 622 g/mol. The Morgan fingerprint density at radius 1 is 0.952 bits per heavy atom. The third kappa shape index (κ3) is 5.70. The normalized spacial score (nSPS) is 11.4. The third-order valence-corrected chi connectivity index (χ3v) is 8.21. The van der Waals surface area contributed by atoms with Gasteiger partial charge in [-0.25, -0.2) is 27.2 Å². The molecule has 0 fully saturated rings. The maximum absolute atomic E-state index is 15.1. The summed E-state index contributed by atoms with van der Waals surface area (Å²) < 4.78 is 64.6. The molecule has 210 valence electrons. The van der Waals surface area contributed by atoms with E-state index in [4.69, 9.17) is 16.3 Å². The summed E-state index contributed by atoms with van der Waals surface area (Å²) in [5.74, 6) is -1.49. The minimum atomic E-state index is -4.32. The summed E-state index contributed by atoms with van der Waals surface area (Å²) in [6.07, 6.45) is 8.00. The molecule has 4 heterocycles. The summed E-state index contributed by atoms with van der Waals surface area (Å²) in [5, 5.41) is 1.29. The highest BCUT2D eigenvalue weighted by Crippen LogP contribution is 2.39. The lowest BCUT2D eigenvalue weighted by atomic mass is 10.1. The van der Waals surface area contributed by atoms with E-state index >= 15 is 4.39 Å². The maximum Gasteiger partial charge on any atom is 0.266 e. The van der Waals surface area contributed by atoms with Gasteiger partial charge in [-0.3, -0.25) is 14.7 Å². The first kappa shape index (κ1) is 27.4. The minimum Gasteiger partial charge on any atom is -0.453 e. The van der Waals surface area contributed by atoms with E-state index in [9.17, 15) is 12.8 Å². The van der Waals surface area contributed by atoms with Gasteiger partial charge < -0.3 is 9.30 Å². The van der Waals surface area contributed by atoms with Crippen LogP contribution in [0.3, 0.4) is 0 Å². The molecule has 0 unspecified atom stereocenters. The number of hydrogen-bond acceptors (Lipinski definition) is 8. The Bertz CT molecular complexity index is 2010. The average molecular weight is 623 g/mol. The van der Waals surface area contributed by atoms with Crippen LogP contribution in [0.4, 0.5) is 14.6 Å². The molecular formula is C28H17ClF2N6O3S2. The smallest absolute Gasteiger partial charge is 0.266 e. The summed E-state index contributed by atoms with van der Waals surface area (Å²) in [6, 6.07) is 13.0. The molecule has 0 amide bonds. The predicted molar refractivity (Wildman–Crippen MR) is 154 cm³/mol. The second-order valence-electron chi connectivity index (χ2n) is 8.75. The van der Waals surface area contributed by atoms with Crippen molar-refractivity contribution in [2.75, 3.05) is 4.72 Å². The van der Waals surface area contributed by atoms with Crippen molar-refractivity contribution in [3.63, 3.8) is 0 Å². The molecule has 14 heteroatoms. The number of imidazole rings is 1. The van der Waals surface area contributed by atoms with Gasteiger partial charge in [0.05, 0.1) is 46.3 Å². The Morgan fingerprint density at radius 3 is 2.60 bits per heavy atom. The number of benzene rings is 2. The molecule has 2 aromatic carbocycles. The van der Waals surface area contributed by atoms with Crippen LogP contribution in [0.2, 0.25) is 5.02 Å². The molecule has 42 heavy (non-hydrogen) atoms. The fraction of sp³-hybridized carbons (Fsp3) is 0. The van der Waals surface area contributed by atoms with Crippen LogP contribution in [-0.4, -0.2) is 32.9 Å². The molecule has 0 spiro atoms. The van der Waals surface area contributed by atoms with Gasteiger partial charge in [-0.2, -0.15) is 0 Å². The molecule has 6 aromatic rings. The first-order valence-corrected chi connectivity index (χ1v) is 14.9. The van der Waals surface area contributed by atoms with E-state index in [1.54, 1.807) is 53.8 Å². The van der Waals surface area contributed by atoms with Gasteiger partial charge in [0.15, 0.2) is 11.6 Å². The first-order valence-electron chi connectivity index (χ1n) is 12.1. The first-order chi connectivity index (χ1) is 20.3. The van der Waals surface area contributed by atoms with Crippen LogP contribution in [0, 0.1) is 11.6 Å². The van der Waals surface area contributed by atoms with Gasteiger partial charge in [0, 0.05) is 35.0 Å². The van der Waals surface area contributed by atoms with Crippen molar-refractivity contribution in [3.8, 4) is 39.7 Å². The third-order valence-electron chi connectivity index (χ3n) is 5.96. The van der Waals surface area contributed by atoms with Crippen LogP contribution in [0.15, 0.2) is 101 Å². The van der Waals surface area contributed by atoms with Crippen LogP contribution in [0.5, 0.6) is 11.5 Å². The zero-order valence-electron chi connectivity index (χ0n) is 21.1. The Morgan fingerprint density at radius 2 is 1.83 bits per heavy atom. The molecule has 6 rings (SSSR count). The largest absolute Gasteiger partial charge is 0.453 e. The number of halogens is 3. The molecule has 0 saturated heterocycles. The molecule has 0 bridgehead atoms. The van der Waals surface area contributed by atoms with Crippen molar-refractivity contribution in [1.82, 2.24) is 24.5 Å². The summed E-state index contributed by atoms with van der Waals surface area (Å²) in [4.78, 5) is 16.2. The Hall–Kier alpha value is -4.72. The highest BCUT2D eigenvalue weighted by Gasteiger charge is 2.24. The fourth-order valence-corrected chi connectivity index (χ4v) is 5.92. The van der Waals surface area contributed by atoms with Gasteiger partial charge in [-0.15, -0.1) is 11.3 Å². The molecule has 0 aliphatic rings. The van der Waals surface area contributed by atoms with Crippen molar-refractivity contribution >= 4 is 38.8 Å². The Balaban J connectivity index is 1.39. The summed E-state index contributed by atoms with van der Waals surface area (Å²) in [5.41, 5.74) is 4.03. The summed E-state index contributed by atoms with van der Waals surface area (Å²) in [7, 11) is -4.32. The fourth-order valence-electron chi connectivity index (χ4n) is 4.01. The van der Waals surface area contributed by atoms with Gasteiger partial charge in [-0.05, 0) is 36.4 Å². The molecule has 1 N–H and O–H groups in total. The van der Waals surface area contributed by atoms with Crippen LogP contribution in [0.1, 0.15) is 0 Å². The highest BCUT2D eigenvalue weighted by atomic mass is 35.5. The molecule has 0 saturated carbocycles. The lowest BCUT2D eigenvalue weighted by Crippen LogP contribution is -2.15. The molecule has 0 atom stereocenters. The zero-order valence-corrected chi connectivity index (χ0v) is 23.5. The molecule has 0 aliphatic heterocycles. The van der Waals surface area contributed by atoms with Crippen LogP contribution >= 0.6 is 22.9 Å². The van der Waals surface area contributed by atoms with Crippen molar-refractivity contribution < 1.29 is 21.9 Å². The second kappa shape index (κ2) is 11.3. The number of hydrogen-bond donors (Lipinski definition) is 1. The van der Waals surface area contributed by atoms with Crippen molar-refractivity contribution in [2.24, 2.45) is 0 Å². The summed E-state index contributed by atoms with van der Waals surface area (Å²) in [6.45, 7) is 0. The van der Waals surface area contributed by atoms with Gasteiger partial charge in [-0.1, -0.05) is 23.7 Å². The molecule has 0 radical (unpaired) electrons. The van der Waals surface area contributed by atoms with Crippen molar-refractivity contribution in [1.29, 1.82) is 0 Å². The Labute approximate surface area is 247 Å². The summed E-state index contributed by atoms with van der Waals surface area (Å²) >= 11 is 7.55. The number of nitrogens with one attached hydrogen (secondary N) is 1. The van der Waals surface area contributed by atoms with E-state index in [0.29, 0.717) is 22.5 Å². The molecular weight excluding hydrogens is 606 g/mol. The number of aromatic nitrogens is 5. The van der Waals surface area contributed by atoms with Gasteiger partial charge in [0.1, 0.15) is 22.3 Å². The molecule has 9 nitrogen and oxygen atoms in total. The van der Waals surface area contributed by atoms with Crippen LogP contribution in [0.25, 0.3) is 28.2 Å². The van der Waals surface area contributed by atoms with Crippen molar-refractivity contribution in [2.45, 2.75) is 4.90 Å². The minimum absolute atomic E-state index is 0.0515. The Kier molecular flexibility index (Phi) is 7.37. The van der Waals surface area contributed by atoms with E-state index in [0.717, 1.165) is 17.8 Å². The van der Waals surface area contributed by atoms with Gasteiger partial charge in [0.2, 0.25) is 0 Å². The van der Waals surface area contributed by atoms with Gasteiger partial charge in [0.25, 0.3) is 10.0 Å². The van der Waals surface area contributed by atoms with E-state index in [1.807, 2.05) is 6.07 Å². The number of sulfonamides is 1. The highest BCUT2D eigenvalue weighted by molar-refractivity contribution is 7.92. The van der Waals surface area contributed by atoms with Crippen LogP contribution in [-0.2, 0) is 10.0 Å². The topological polar surface area (TPSA) is 112 Å². The van der Waals surface area contributed by atoms with E-state index in [1.165, 1.54) is 40.6 Å². The number of thiazole rings is 1. The number of pyridine rings is 2. The van der Waals surface area contributed by atoms with E-state index < -0.39 is 26.6 Å². The van der Waals surface area contributed by atoms with Crippen LogP contribution < -0.4 is 9.46 Å². The SMILES string of the molecule is O=S(=O)(Nc1cscn1)c1cc(Cl)c(Oc2cnc(-c3cccc(F)c3)cc2-c2cn(-c3cccnc3)cn2)cc1F. The van der Waals surface area contributed by atoms with Gasteiger partial charge >= 0.3 is 0 Å². The molecule has 0 aliphatic carbocycles. The molecule has 4 aromatic heterocycles. The predicted octanol–water partition coefficient (Wildman–Crippen LogP) is 6.98. The number of rotatable bonds is 8. The number of anilines is 1. The quantitative estimate of drug-likeness (QED) is 0.195. The standard InChI is InChI=1S/C28H17ClF2N6O3S2/c29-21-9-27(42(38,39)36-28-14-41-16-35-28)22(31)10-25(21)40-26-12-33-23(17-3-1-4-18(30)7-17)8-20(26)24-13-37(15-34-24)19-5-2-6-32-11-19/h1-16,36H. The van der Waals surface area contributed by atoms with E-state index in [2.05, 4.69) is 24.7 Å². The zero-order chi connectivity index (χ0) is 29.3. The van der Waals surface area contributed by atoms with Crippen molar-refractivity contribution in [3.05, 3.63) is 113 Å². The second-order valence-corrected chi connectivity index (χ2v) is 11.5. The lowest BCUT2D eigenvalue weighted by Gasteiger charge is -2.14. The van der Waals surface area contributed by atoms with E-state index in [-0.39, 0.29) is 22.3 Å². The number of ether oxygens (including phenoxy) is 1.